The summed E-state index contributed by atoms with van der Waals surface area (Å²) >= 11 is 0. The third kappa shape index (κ3) is 5.02. The minimum absolute atomic E-state index is 0.282. The molecule has 0 N–H and O–H groups in total. The average Bonchev–Trinajstić information content (AvgIpc) is 2.11. The quantitative estimate of drug-likeness (QED) is 0.364. The number of carbonyl (C=O) groups is 1. The molecule has 0 saturated carbocycles. The van der Waals surface area contributed by atoms with Crippen LogP contribution in [0.3, 0.4) is 0 Å². The summed E-state index contributed by atoms with van der Waals surface area (Å²) in [6.45, 7) is 6.95. The highest BCUT2D eigenvalue weighted by molar-refractivity contribution is 7.42. The summed E-state index contributed by atoms with van der Waals surface area (Å²) in [7, 11) is -0.208. The fraction of sp³-hybridized carbons (Fsp3) is 0.286. The van der Waals surface area contributed by atoms with E-state index in [-0.39, 0.29) is 6.61 Å². The molecule has 0 aliphatic rings. The zero-order valence-corrected chi connectivity index (χ0v) is 7.75. The molecule has 0 bridgehead atoms. The topological polar surface area (TPSA) is 44.8 Å². The normalized spacial score (nSPS) is 11.8. The molecule has 4 nitrogen and oxygen atoms in total. The van der Waals surface area contributed by atoms with E-state index in [9.17, 15) is 4.79 Å². The molecule has 0 aromatic heterocycles. The fourth-order valence-electron chi connectivity index (χ4n) is 0.341. The van der Waals surface area contributed by atoms with Crippen molar-refractivity contribution in [3.05, 3.63) is 25.3 Å². The Labute approximate surface area is 72.8 Å². The SMILES string of the molecule is C=CCOP(OC)OC(=O)C=C. The minimum Gasteiger partial charge on any atom is -0.391 e. The lowest BCUT2D eigenvalue weighted by molar-refractivity contribution is -0.129. The third-order valence-electron chi connectivity index (χ3n) is 0.778. The van der Waals surface area contributed by atoms with Crippen LogP contribution in [-0.2, 0) is 18.4 Å². The lowest BCUT2D eigenvalue weighted by atomic mass is 10.7. The summed E-state index contributed by atoms with van der Waals surface area (Å²) in [4.78, 5) is 10.6. The Balaban J connectivity index is 3.73. The Bertz CT molecular complexity index is 169. The van der Waals surface area contributed by atoms with Crippen LogP contribution in [0.4, 0.5) is 0 Å². The van der Waals surface area contributed by atoms with Gasteiger partial charge in [0, 0.05) is 13.2 Å². The van der Waals surface area contributed by atoms with E-state index in [0.717, 1.165) is 6.08 Å². The first-order chi connectivity index (χ1) is 5.74. The Morgan fingerprint density at radius 3 is 2.67 bits per heavy atom. The van der Waals surface area contributed by atoms with E-state index in [1.54, 1.807) is 0 Å². The van der Waals surface area contributed by atoms with Crippen LogP contribution in [0, 0.1) is 0 Å². The monoisotopic (exact) mass is 190 g/mol. The third-order valence-corrected chi connectivity index (χ3v) is 1.77. The van der Waals surface area contributed by atoms with Crippen LogP contribution in [0.25, 0.3) is 0 Å². The zero-order chi connectivity index (χ0) is 9.40. The largest absolute Gasteiger partial charge is 0.399 e. The highest BCUT2D eigenvalue weighted by atomic mass is 31.2. The number of hydrogen-bond acceptors (Lipinski definition) is 4. The van der Waals surface area contributed by atoms with Crippen LogP contribution >= 0.6 is 8.60 Å². The van der Waals surface area contributed by atoms with Crippen LogP contribution in [0.5, 0.6) is 0 Å². The summed E-state index contributed by atoms with van der Waals surface area (Å²) in [6.07, 6.45) is 2.59. The van der Waals surface area contributed by atoms with E-state index in [2.05, 4.69) is 17.7 Å². The highest BCUT2D eigenvalue weighted by Crippen LogP contribution is 2.38. The van der Waals surface area contributed by atoms with Crippen LogP contribution in [0.15, 0.2) is 25.3 Å². The molecule has 1 unspecified atom stereocenters. The number of carbonyl (C=O) groups excluding carboxylic acids is 1. The van der Waals surface area contributed by atoms with Crippen molar-refractivity contribution in [2.45, 2.75) is 0 Å². The Morgan fingerprint density at radius 2 is 2.25 bits per heavy atom. The van der Waals surface area contributed by atoms with E-state index in [4.69, 9.17) is 9.05 Å². The molecule has 0 spiro atoms. The lowest BCUT2D eigenvalue weighted by Gasteiger charge is -2.10. The van der Waals surface area contributed by atoms with Gasteiger partial charge < -0.3 is 9.05 Å². The first kappa shape index (κ1) is 11.3. The van der Waals surface area contributed by atoms with E-state index in [0.29, 0.717) is 0 Å². The smallest absolute Gasteiger partial charge is 0.391 e. The van der Waals surface area contributed by atoms with Crippen LogP contribution in [-0.4, -0.2) is 19.7 Å². The molecular formula is C7H11O4P. The minimum atomic E-state index is -1.60. The van der Waals surface area contributed by atoms with Gasteiger partial charge in [-0.05, 0) is 0 Å². The predicted octanol–water partition coefficient (Wildman–Crippen LogP) is 1.79. The Kier molecular flexibility index (Phi) is 6.57. The van der Waals surface area contributed by atoms with Gasteiger partial charge in [0.1, 0.15) is 0 Å². The molecule has 5 heteroatoms. The van der Waals surface area contributed by atoms with Crippen molar-refractivity contribution in [3.8, 4) is 0 Å². The number of hydrogen-bond donors (Lipinski definition) is 0. The molecule has 0 saturated heterocycles. The summed E-state index contributed by atoms with van der Waals surface area (Å²) < 4.78 is 14.3. The van der Waals surface area contributed by atoms with Gasteiger partial charge in [0.25, 0.3) is 0 Å². The lowest BCUT2D eigenvalue weighted by Crippen LogP contribution is -1.98. The molecule has 68 valence electrons. The summed E-state index contributed by atoms with van der Waals surface area (Å²) in [5.41, 5.74) is 0. The molecule has 0 aromatic rings. The van der Waals surface area contributed by atoms with Gasteiger partial charge >= 0.3 is 14.6 Å². The first-order valence-corrected chi connectivity index (χ1v) is 4.26. The molecule has 0 radical (unpaired) electrons. The van der Waals surface area contributed by atoms with Gasteiger partial charge in [-0.3, -0.25) is 4.52 Å². The molecule has 0 heterocycles. The van der Waals surface area contributed by atoms with Crippen LogP contribution in [0.2, 0.25) is 0 Å². The number of rotatable bonds is 6. The highest BCUT2D eigenvalue weighted by Gasteiger charge is 2.13. The summed E-state index contributed by atoms with van der Waals surface area (Å²) in [5.74, 6) is -0.563. The first-order valence-electron chi connectivity index (χ1n) is 3.17. The second-order valence-corrected chi connectivity index (χ2v) is 2.86. The fourth-order valence-corrected chi connectivity index (χ4v) is 1.02. The van der Waals surface area contributed by atoms with Crippen molar-refractivity contribution >= 4 is 14.6 Å². The molecule has 0 fully saturated rings. The molecule has 0 aliphatic carbocycles. The van der Waals surface area contributed by atoms with Gasteiger partial charge in [0.05, 0.1) is 6.61 Å². The standard InChI is InChI=1S/C7H11O4P/c1-4-6-10-12(9-3)11-7(8)5-2/h4-5H,1-2,6H2,3H3. The second kappa shape index (κ2) is 6.98. The van der Waals surface area contributed by atoms with E-state index in [1.165, 1.54) is 13.2 Å². The summed E-state index contributed by atoms with van der Waals surface area (Å²) in [6, 6.07) is 0. The van der Waals surface area contributed by atoms with Crippen molar-refractivity contribution in [1.29, 1.82) is 0 Å². The van der Waals surface area contributed by atoms with Crippen molar-refractivity contribution in [1.82, 2.24) is 0 Å². The van der Waals surface area contributed by atoms with Crippen molar-refractivity contribution in [2.75, 3.05) is 13.7 Å². The van der Waals surface area contributed by atoms with E-state index in [1.807, 2.05) is 0 Å². The van der Waals surface area contributed by atoms with Crippen molar-refractivity contribution < 1.29 is 18.4 Å². The second-order valence-electron chi connectivity index (χ2n) is 1.61. The maximum Gasteiger partial charge on any atom is 0.399 e. The Morgan fingerprint density at radius 1 is 1.58 bits per heavy atom. The summed E-state index contributed by atoms with van der Waals surface area (Å²) in [5, 5.41) is 0. The molecule has 0 amide bonds. The zero-order valence-electron chi connectivity index (χ0n) is 6.86. The van der Waals surface area contributed by atoms with Crippen LogP contribution in [0.1, 0.15) is 0 Å². The van der Waals surface area contributed by atoms with Gasteiger partial charge in [0.15, 0.2) is 0 Å². The average molecular weight is 190 g/mol. The van der Waals surface area contributed by atoms with Gasteiger partial charge in [-0.25, -0.2) is 4.79 Å². The van der Waals surface area contributed by atoms with Crippen molar-refractivity contribution in [2.24, 2.45) is 0 Å². The maximum atomic E-state index is 10.6. The molecule has 0 aromatic carbocycles. The molecule has 12 heavy (non-hydrogen) atoms. The Hall–Kier alpha value is -0.700. The van der Waals surface area contributed by atoms with Gasteiger partial charge in [-0.1, -0.05) is 12.7 Å². The van der Waals surface area contributed by atoms with Gasteiger partial charge in [0.2, 0.25) is 0 Å². The van der Waals surface area contributed by atoms with Crippen LogP contribution < -0.4 is 0 Å². The molecule has 1 atom stereocenters. The van der Waals surface area contributed by atoms with Gasteiger partial charge in [-0.15, -0.1) is 6.58 Å². The molecule has 0 aliphatic heterocycles. The maximum absolute atomic E-state index is 10.6. The van der Waals surface area contributed by atoms with Crippen molar-refractivity contribution in [3.63, 3.8) is 0 Å². The van der Waals surface area contributed by atoms with Gasteiger partial charge in [-0.2, -0.15) is 0 Å². The predicted molar refractivity (Wildman–Crippen MR) is 46.4 cm³/mol. The molecule has 0 rings (SSSR count). The van der Waals surface area contributed by atoms with E-state index >= 15 is 0 Å². The van der Waals surface area contributed by atoms with E-state index < -0.39 is 14.6 Å². The molecular weight excluding hydrogens is 179 g/mol.